The van der Waals surface area contributed by atoms with Crippen LogP contribution in [-0.4, -0.2) is 42.6 Å². The third-order valence-electron chi connectivity index (χ3n) is 2.30. The highest BCUT2D eigenvalue weighted by molar-refractivity contribution is 5.69. The molecule has 0 spiro atoms. The SMILES string of the molecule is Cc1cc(N2CCOCC2)nc(C=O)n1. The number of hydrogen-bond acceptors (Lipinski definition) is 5. The van der Waals surface area contributed by atoms with Crippen LogP contribution in [0.2, 0.25) is 0 Å². The summed E-state index contributed by atoms with van der Waals surface area (Å²) in [4.78, 5) is 20.9. The fraction of sp³-hybridized carbons (Fsp3) is 0.500. The number of morpholine rings is 1. The number of hydrogen-bond donors (Lipinski definition) is 0. The van der Waals surface area contributed by atoms with Crippen molar-refractivity contribution in [3.8, 4) is 0 Å². The Morgan fingerprint density at radius 3 is 2.80 bits per heavy atom. The van der Waals surface area contributed by atoms with Crippen LogP contribution >= 0.6 is 0 Å². The Hall–Kier alpha value is -1.49. The lowest BCUT2D eigenvalue weighted by molar-refractivity contribution is 0.111. The molecule has 1 aliphatic rings. The van der Waals surface area contributed by atoms with Crippen LogP contribution in [0.3, 0.4) is 0 Å². The third-order valence-corrected chi connectivity index (χ3v) is 2.30. The summed E-state index contributed by atoms with van der Waals surface area (Å²) in [5.41, 5.74) is 0.814. The van der Waals surface area contributed by atoms with Gasteiger partial charge in [-0.2, -0.15) is 0 Å². The van der Waals surface area contributed by atoms with Gasteiger partial charge >= 0.3 is 0 Å². The summed E-state index contributed by atoms with van der Waals surface area (Å²) in [5.74, 6) is 1.06. The van der Waals surface area contributed by atoms with E-state index in [2.05, 4.69) is 14.9 Å². The second-order valence-corrected chi connectivity index (χ2v) is 3.44. The topological polar surface area (TPSA) is 55.3 Å². The first-order valence-electron chi connectivity index (χ1n) is 4.93. The molecule has 0 aromatic carbocycles. The van der Waals surface area contributed by atoms with Crippen molar-refractivity contribution in [1.82, 2.24) is 9.97 Å². The van der Waals surface area contributed by atoms with E-state index < -0.39 is 0 Å². The van der Waals surface area contributed by atoms with Gasteiger partial charge in [-0.3, -0.25) is 4.79 Å². The fourth-order valence-electron chi connectivity index (χ4n) is 1.58. The van der Waals surface area contributed by atoms with Gasteiger partial charge in [0.1, 0.15) is 5.82 Å². The number of aryl methyl sites for hydroxylation is 1. The fourth-order valence-corrected chi connectivity index (χ4v) is 1.58. The normalized spacial score (nSPS) is 16.5. The second-order valence-electron chi connectivity index (χ2n) is 3.44. The maximum atomic E-state index is 10.6. The molecule has 0 amide bonds. The number of rotatable bonds is 2. The highest BCUT2D eigenvalue weighted by Crippen LogP contribution is 2.13. The molecule has 2 rings (SSSR count). The molecule has 0 radical (unpaired) electrons. The van der Waals surface area contributed by atoms with Gasteiger partial charge in [0.2, 0.25) is 0 Å². The molecular weight excluding hydrogens is 194 g/mol. The molecule has 15 heavy (non-hydrogen) atoms. The third kappa shape index (κ3) is 2.30. The lowest BCUT2D eigenvalue weighted by Crippen LogP contribution is -2.37. The van der Waals surface area contributed by atoms with Crippen molar-refractivity contribution in [3.63, 3.8) is 0 Å². The van der Waals surface area contributed by atoms with Crippen molar-refractivity contribution in [2.24, 2.45) is 0 Å². The Morgan fingerprint density at radius 1 is 1.40 bits per heavy atom. The first-order valence-corrected chi connectivity index (χ1v) is 4.93. The molecule has 1 aliphatic heterocycles. The average Bonchev–Trinajstić information content (AvgIpc) is 2.29. The number of carbonyl (C=O) groups excluding carboxylic acids is 1. The summed E-state index contributed by atoms with van der Waals surface area (Å²) in [6.07, 6.45) is 0.678. The number of carbonyl (C=O) groups is 1. The Bertz CT molecular complexity index is 362. The van der Waals surface area contributed by atoms with Gasteiger partial charge in [-0.1, -0.05) is 0 Å². The van der Waals surface area contributed by atoms with Crippen LogP contribution in [0.4, 0.5) is 5.82 Å². The summed E-state index contributed by atoms with van der Waals surface area (Å²) < 4.78 is 5.25. The standard InChI is InChI=1S/C10H13N3O2/c1-8-6-10(12-9(7-14)11-8)13-2-4-15-5-3-13/h6-7H,2-5H2,1H3. The molecule has 1 aromatic rings. The molecule has 0 bridgehead atoms. The maximum absolute atomic E-state index is 10.6. The average molecular weight is 207 g/mol. The predicted octanol–water partition coefficient (Wildman–Crippen LogP) is 0.434. The Balaban J connectivity index is 2.25. The van der Waals surface area contributed by atoms with E-state index in [0.29, 0.717) is 19.5 Å². The van der Waals surface area contributed by atoms with Crippen LogP contribution < -0.4 is 4.90 Å². The lowest BCUT2D eigenvalue weighted by atomic mass is 10.3. The highest BCUT2D eigenvalue weighted by atomic mass is 16.5. The van der Waals surface area contributed by atoms with Crippen molar-refractivity contribution in [2.45, 2.75) is 6.92 Å². The number of aromatic nitrogens is 2. The molecule has 5 heteroatoms. The predicted molar refractivity (Wildman–Crippen MR) is 55.2 cm³/mol. The van der Waals surface area contributed by atoms with E-state index in [1.165, 1.54) is 0 Å². The minimum Gasteiger partial charge on any atom is -0.378 e. The van der Waals surface area contributed by atoms with Crippen molar-refractivity contribution < 1.29 is 9.53 Å². The van der Waals surface area contributed by atoms with Gasteiger partial charge in [-0.15, -0.1) is 0 Å². The van der Waals surface area contributed by atoms with Gasteiger partial charge in [0.25, 0.3) is 0 Å². The molecular formula is C10H13N3O2. The van der Waals surface area contributed by atoms with Crippen molar-refractivity contribution >= 4 is 12.1 Å². The summed E-state index contributed by atoms with van der Waals surface area (Å²) in [6.45, 7) is 4.90. The van der Waals surface area contributed by atoms with Crippen LogP contribution in [0.25, 0.3) is 0 Å². The van der Waals surface area contributed by atoms with Crippen molar-refractivity contribution in [1.29, 1.82) is 0 Å². The molecule has 1 fully saturated rings. The first-order chi connectivity index (χ1) is 7.29. The van der Waals surface area contributed by atoms with Crippen LogP contribution in [-0.2, 0) is 4.74 Å². The van der Waals surface area contributed by atoms with Gasteiger partial charge in [0.15, 0.2) is 12.1 Å². The van der Waals surface area contributed by atoms with E-state index in [1.54, 1.807) is 0 Å². The maximum Gasteiger partial charge on any atom is 0.194 e. The summed E-state index contributed by atoms with van der Waals surface area (Å²) in [5, 5.41) is 0. The molecule has 5 nitrogen and oxygen atoms in total. The molecule has 80 valence electrons. The molecule has 1 aromatic heterocycles. The first kappa shape index (κ1) is 10.0. The number of aldehydes is 1. The quantitative estimate of drug-likeness (QED) is 0.658. The summed E-state index contributed by atoms with van der Waals surface area (Å²) in [7, 11) is 0. The highest BCUT2D eigenvalue weighted by Gasteiger charge is 2.13. The molecule has 0 unspecified atom stereocenters. The Morgan fingerprint density at radius 2 is 2.13 bits per heavy atom. The number of ether oxygens (including phenoxy) is 1. The second kappa shape index (κ2) is 4.35. The van der Waals surface area contributed by atoms with Gasteiger partial charge < -0.3 is 9.64 Å². The Kier molecular flexibility index (Phi) is 2.91. The minimum absolute atomic E-state index is 0.247. The molecule has 0 atom stereocenters. The lowest BCUT2D eigenvalue weighted by Gasteiger charge is -2.27. The zero-order chi connectivity index (χ0) is 10.7. The van der Waals surface area contributed by atoms with E-state index in [-0.39, 0.29) is 5.82 Å². The smallest absolute Gasteiger partial charge is 0.194 e. The van der Waals surface area contributed by atoms with Crippen LogP contribution in [0, 0.1) is 6.92 Å². The summed E-state index contributed by atoms with van der Waals surface area (Å²) >= 11 is 0. The van der Waals surface area contributed by atoms with Gasteiger partial charge in [-0.05, 0) is 6.92 Å². The zero-order valence-electron chi connectivity index (χ0n) is 8.64. The van der Waals surface area contributed by atoms with E-state index in [0.717, 1.165) is 24.6 Å². The van der Waals surface area contributed by atoms with Crippen LogP contribution in [0.1, 0.15) is 16.3 Å². The summed E-state index contributed by atoms with van der Waals surface area (Å²) in [6, 6.07) is 1.89. The van der Waals surface area contributed by atoms with Crippen LogP contribution in [0.5, 0.6) is 0 Å². The monoisotopic (exact) mass is 207 g/mol. The molecule has 0 saturated carbocycles. The van der Waals surface area contributed by atoms with E-state index >= 15 is 0 Å². The number of nitrogens with zero attached hydrogens (tertiary/aromatic N) is 3. The van der Waals surface area contributed by atoms with Crippen molar-refractivity contribution in [3.05, 3.63) is 17.6 Å². The molecule has 2 heterocycles. The molecule has 0 aliphatic carbocycles. The largest absolute Gasteiger partial charge is 0.378 e. The van der Waals surface area contributed by atoms with Crippen molar-refractivity contribution in [2.75, 3.05) is 31.2 Å². The van der Waals surface area contributed by atoms with E-state index in [9.17, 15) is 4.79 Å². The molecule has 1 saturated heterocycles. The van der Waals surface area contributed by atoms with E-state index in [4.69, 9.17) is 4.74 Å². The zero-order valence-corrected chi connectivity index (χ0v) is 8.64. The van der Waals surface area contributed by atoms with Gasteiger partial charge in [-0.25, -0.2) is 9.97 Å². The van der Waals surface area contributed by atoms with Gasteiger partial charge in [0.05, 0.1) is 13.2 Å². The number of anilines is 1. The van der Waals surface area contributed by atoms with Gasteiger partial charge in [0, 0.05) is 24.8 Å². The van der Waals surface area contributed by atoms with E-state index in [1.807, 2.05) is 13.0 Å². The minimum atomic E-state index is 0.247. The van der Waals surface area contributed by atoms with Crippen LogP contribution in [0.15, 0.2) is 6.07 Å². The Labute approximate surface area is 88.1 Å². The molecule has 0 N–H and O–H groups in total.